The highest BCUT2D eigenvalue weighted by molar-refractivity contribution is 5.24. The third-order valence-corrected chi connectivity index (χ3v) is 3.54. The van der Waals surface area contributed by atoms with E-state index < -0.39 is 0 Å². The number of aromatic nitrogens is 2. The van der Waals surface area contributed by atoms with E-state index >= 15 is 0 Å². The molecule has 21 heavy (non-hydrogen) atoms. The molecule has 1 N–H and O–H groups in total. The summed E-state index contributed by atoms with van der Waals surface area (Å²) in [4.78, 5) is 0. The molecule has 0 spiro atoms. The van der Waals surface area contributed by atoms with Crippen molar-refractivity contribution in [3.05, 3.63) is 52.8 Å². The Balaban J connectivity index is 1.93. The molecule has 0 radical (unpaired) electrons. The summed E-state index contributed by atoms with van der Waals surface area (Å²) in [5.41, 5.74) is 4.70. The van der Waals surface area contributed by atoms with Crippen LogP contribution in [0, 0.1) is 13.8 Å². The SMILES string of the molecule is Cc1nn(COCc2ccccc2)c(C)c1CNC(C)C. The summed E-state index contributed by atoms with van der Waals surface area (Å²) in [7, 11) is 0. The zero-order chi connectivity index (χ0) is 15.2. The molecule has 0 unspecified atom stereocenters. The summed E-state index contributed by atoms with van der Waals surface area (Å²) >= 11 is 0. The van der Waals surface area contributed by atoms with Gasteiger partial charge in [-0.1, -0.05) is 44.2 Å². The van der Waals surface area contributed by atoms with Gasteiger partial charge in [-0.25, -0.2) is 4.68 Å². The van der Waals surface area contributed by atoms with Crippen molar-refractivity contribution in [1.29, 1.82) is 0 Å². The molecular weight excluding hydrogens is 262 g/mol. The van der Waals surface area contributed by atoms with E-state index in [1.165, 1.54) is 16.8 Å². The Labute approximate surface area is 127 Å². The number of aryl methyl sites for hydroxylation is 1. The molecule has 0 saturated carbocycles. The zero-order valence-corrected chi connectivity index (χ0v) is 13.4. The van der Waals surface area contributed by atoms with Crippen molar-refractivity contribution < 1.29 is 4.74 Å². The van der Waals surface area contributed by atoms with Crippen LogP contribution in [0.25, 0.3) is 0 Å². The second-order valence-corrected chi connectivity index (χ2v) is 5.65. The van der Waals surface area contributed by atoms with Gasteiger partial charge in [0.1, 0.15) is 6.73 Å². The molecule has 0 bridgehead atoms. The third kappa shape index (κ3) is 4.41. The summed E-state index contributed by atoms with van der Waals surface area (Å²) < 4.78 is 7.70. The van der Waals surface area contributed by atoms with Gasteiger partial charge in [0.15, 0.2) is 0 Å². The van der Waals surface area contributed by atoms with Gasteiger partial charge >= 0.3 is 0 Å². The normalized spacial score (nSPS) is 11.3. The van der Waals surface area contributed by atoms with Gasteiger partial charge in [-0.05, 0) is 19.4 Å². The lowest BCUT2D eigenvalue weighted by molar-refractivity contribution is 0.0546. The van der Waals surface area contributed by atoms with Crippen molar-refractivity contribution in [3.8, 4) is 0 Å². The van der Waals surface area contributed by atoms with E-state index in [0.29, 0.717) is 19.4 Å². The lowest BCUT2D eigenvalue weighted by atomic mass is 10.2. The molecular formula is C17H25N3O. The van der Waals surface area contributed by atoms with Crippen LogP contribution in [-0.2, 0) is 24.6 Å². The van der Waals surface area contributed by atoms with E-state index in [-0.39, 0.29) is 0 Å². The Hall–Kier alpha value is -1.65. The molecule has 1 heterocycles. The Bertz CT molecular complexity index is 561. The number of benzene rings is 1. The van der Waals surface area contributed by atoms with Crippen molar-refractivity contribution in [2.24, 2.45) is 0 Å². The van der Waals surface area contributed by atoms with Gasteiger partial charge in [-0.2, -0.15) is 5.10 Å². The maximum absolute atomic E-state index is 5.76. The summed E-state index contributed by atoms with van der Waals surface area (Å²) in [6.07, 6.45) is 0. The molecule has 0 atom stereocenters. The number of nitrogens with one attached hydrogen (secondary N) is 1. The van der Waals surface area contributed by atoms with Crippen LogP contribution in [0.5, 0.6) is 0 Å². The van der Waals surface area contributed by atoms with Gasteiger partial charge in [0.2, 0.25) is 0 Å². The summed E-state index contributed by atoms with van der Waals surface area (Å²) in [6.45, 7) is 10.4. The minimum absolute atomic E-state index is 0.474. The largest absolute Gasteiger partial charge is 0.355 e. The van der Waals surface area contributed by atoms with Crippen molar-refractivity contribution >= 4 is 0 Å². The molecule has 4 nitrogen and oxygen atoms in total. The molecule has 0 amide bonds. The van der Waals surface area contributed by atoms with Gasteiger partial charge in [0, 0.05) is 23.8 Å². The molecule has 114 valence electrons. The van der Waals surface area contributed by atoms with Crippen LogP contribution < -0.4 is 5.32 Å². The quantitative estimate of drug-likeness (QED) is 0.850. The minimum Gasteiger partial charge on any atom is -0.355 e. The van der Waals surface area contributed by atoms with Crippen molar-refractivity contribution in [1.82, 2.24) is 15.1 Å². The fourth-order valence-corrected chi connectivity index (χ4v) is 2.25. The van der Waals surface area contributed by atoms with Crippen LogP contribution in [0.15, 0.2) is 30.3 Å². The lowest BCUT2D eigenvalue weighted by Crippen LogP contribution is -2.22. The van der Waals surface area contributed by atoms with Crippen molar-refractivity contribution in [2.45, 2.75) is 53.6 Å². The summed E-state index contributed by atoms with van der Waals surface area (Å²) in [5.74, 6) is 0. The lowest BCUT2D eigenvalue weighted by Gasteiger charge is -2.09. The van der Waals surface area contributed by atoms with E-state index in [1.807, 2.05) is 22.9 Å². The Kier molecular flexibility index (Phi) is 5.53. The number of nitrogens with zero attached hydrogens (tertiary/aromatic N) is 2. The summed E-state index contributed by atoms with van der Waals surface area (Å²) in [6, 6.07) is 10.7. The predicted molar refractivity (Wildman–Crippen MR) is 84.9 cm³/mol. The smallest absolute Gasteiger partial charge is 0.140 e. The second-order valence-electron chi connectivity index (χ2n) is 5.65. The average molecular weight is 287 g/mol. The molecule has 1 aromatic heterocycles. The van der Waals surface area contributed by atoms with Gasteiger partial charge in [-0.3, -0.25) is 0 Å². The fourth-order valence-electron chi connectivity index (χ4n) is 2.25. The standard InChI is InChI=1S/C17H25N3O/c1-13(2)18-10-17-14(3)19-20(15(17)4)12-21-11-16-8-6-5-7-9-16/h5-9,13,18H,10-12H2,1-4H3. The molecule has 2 aromatic rings. The number of hydrogen-bond acceptors (Lipinski definition) is 3. The van der Waals surface area contributed by atoms with E-state index in [4.69, 9.17) is 4.74 Å². The Morgan fingerprint density at radius 1 is 1.19 bits per heavy atom. The van der Waals surface area contributed by atoms with Crippen molar-refractivity contribution in [3.63, 3.8) is 0 Å². The molecule has 0 aliphatic heterocycles. The highest BCUT2D eigenvalue weighted by Crippen LogP contribution is 2.13. The first kappa shape index (κ1) is 15.7. The summed E-state index contributed by atoms with van der Waals surface area (Å²) in [5, 5.41) is 8.02. The van der Waals surface area contributed by atoms with Gasteiger partial charge in [0.05, 0.1) is 12.3 Å². The van der Waals surface area contributed by atoms with E-state index in [0.717, 1.165) is 12.2 Å². The van der Waals surface area contributed by atoms with E-state index in [1.54, 1.807) is 0 Å². The van der Waals surface area contributed by atoms with Crippen LogP contribution in [0.1, 0.15) is 36.4 Å². The van der Waals surface area contributed by atoms with Crippen LogP contribution in [0.4, 0.5) is 0 Å². The molecule has 0 aliphatic carbocycles. The fraction of sp³-hybridized carbons (Fsp3) is 0.471. The third-order valence-electron chi connectivity index (χ3n) is 3.54. The maximum atomic E-state index is 5.76. The number of rotatable bonds is 7. The average Bonchev–Trinajstić information content (AvgIpc) is 2.72. The molecule has 0 aliphatic rings. The van der Waals surface area contributed by atoms with Crippen LogP contribution >= 0.6 is 0 Å². The molecule has 0 saturated heterocycles. The van der Waals surface area contributed by atoms with Crippen LogP contribution in [-0.4, -0.2) is 15.8 Å². The molecule has 2 rings (SSSR count). The van der Waals surface area contributed by atoms with Gasteiger partial charge in [0.25, 0.3) is 0 Å². The topological polar surface area (TPSA) is 39.1 Å². The number of hydrogen-bond donors (Lipinski definition) is 1. The second kappa shape index (κ2) is 7.38. The first-order valence-electron chi connectivity index (χ1n) is 7.46. The van der Waals surface area contributed by atoms with Crippen LogP contribution in [0.2, 0.25) is 0 Å². The van der Waals surface area contributed by atoms with E-state index in [9.17, 15) is 0 Å². The molecule has 4 heteroatoms. The first-order chi connectivity index (χ1) is 10.1. The predicted octanol–water partition coefficient (Wildman–Crippen LogP) is 3.17. The Morgan fingerprint density at radius 2 is 1.90 bits per heavy atom. The van der Waals surface area contributed by atoms with Crippen molar-refractivity contribution in [2.75, 3.05) is 0 Å². The molecule has 0 fully saturated rings. The van der Waals surface area contributed by atoms with Gasteiger partial charge in [-0.15, -0.1) is 0 Å². The Morgan fingerprint density at radius 3 is 2.57 bits per heavy atom. The molecule has 1 aromatic carbocycles. The minimum atomic E-state index is 0.474. The van der Waals surface area contributed by atoms with Gasteiger partial charge < -0.3 is 10.1 Å². The monoisotopic (exact) mass is 287 g/mol. The highest BCUT2D eigenvalue weighted by atomic mass is 16.5. The highest BCUT2D eigenvalue weighted by Gasteiger charge is 2.11. The van der Waals surface area contributed by atoms with Crippen LogP contribution in [0.3, 0.4) is 0 Å². The zero-order valence-electron chi connectivity index (χ0n) is 13.4. The van der Waals surface area contributed by atoms with E-state index in [2.05, 4.69) is 50.2 Å². The number of ether oxygens (including phenoxy) is 1. The first-order valence-corrected chi connectivity index (χ1v) is 7.46. The maximum Gasteiger partial charge on any atom is 0.140 e.